The van der Waals surface area contributed by atoms with Crippen LogP contribution in [0.1, 0.15) is 17.0 Å². The average Bonchev–Trinajstić information content (AvgIpc) is 3.02. The van der Waals surface area contributed by atoms with Crippen molar-refractivity contribution in [1.29, 1.82) is 0 Å². The Kier molecular flexibility index (Phi) is 5.02. The van der Waals surface area contributed by atoms with E-state index in [1.807, 2.05) is 6.07 Å². The van der Waals surface area contributed by atoms with E-state index in [4.69, 9.17) is 4.98 Å². The summed E-state index contributed by atoms with van der Waals surface area (Å²) in [4.78, 5) is 6.88. The Balaban J connectivity index is 1.50. The molecule has 0 unspecified atom stereocenters. The summed E-state index contributed by atoms with van der Waals surface area (Å²) in [6.45, 7) is 3.71. The van der Waals surface area contributed by atoms with Crippen LogP contribution in [0, 0.1) is 6.92 Å². The van der Waals surface area contributed by atoms with Crippen molar-refractivity contribution in [2.24, 2.45) is 0 Å². The molecule has 0 bridgehead atoms. The molecule has 1 N–H and O–H groups in total. The van der Waals surface area contributed by atoms with E-state index >= 15 is 0 Å². The zero-order valence-corrected chi connectivity index (χ0v) is 16.7. The smallest absolute Gasteiger partial charge is 0.107 e. The molecule has 4 rings (SSSR count). The van der Waals surface area contributed by atoms with Gasteiger partial charge in [-0.05, 0) is 48.4 Å². The lowest BCUT2D eigenvalue weighted by molar-refractivity contribution is 0.786. The number of aromatic nitrogens is 2. The normalized spacial score (nSPS) is 11.0. The molecule has 28 heavy (non-hydrogen) atoms. The summed E-state index contributed by atoms with van der Waals surface area (Å²) in [5.41, 5.74) is 7.05. The van der Waals surface area contributed by atoms with Crippen molar-refractivity contribution in [3.8, 4) is 0 Å². The predicted octanol–water partition coefficient (Wildman–Crippen LogP) is 5.07. The van der Waals surface area contributed by atoms with Gasteiger partial charge in [0.25, 0.3) is 0 Å². The topological polar surface area (TPSA) is 33.1 Å². The Morgan fingerprint density at radius 1 is 0.893 bits per heavy atom. The molecule has 0 radical (unpaired) electrons. The third-order valence-corrected chi connectivity index (χ3v) is 5.07. The van der Waals surface area contributed by atoms with Gasteiger partial charge in [0.2, 0.25) is 0 Å². The van der Waals surface area contributed by atoms with Crippen LogP contribution in [0.2, 0.25) is 0 Å². The van der Waals surface area contributed by atoms with Gasteiger partial charge in [0, 0.05) is 38.6 Å². The van der Waals surface area contributed by atoms with Crippen molar-refractivity contribution in [3.05, 3.63) is 89.7 Å². The molecule has 1 aromatic heterocycles. The zero-order chi connectivity index (χ0) is 19.5. The lowest BCUT2D eigenvalue weighted by atomic mass is 10.2. The van der Waals surface area contributed by atoms with Gasteiger partial charge in [-0.25, -0.2) is 4.98 Å². The van der Waals surface area contributed by atoms with Crippen LogP contribution in [0.4, 0.5) is 11.4 Å². The van der Waals surface area contributed by atoms with E-state index in [1.54, 1.807) is 0 Å². The van der Waals surface area contributed by atoms with Crippen molar-refractivity contribution >= 4 is 22.4 Å². The molecular weight excluding hydrogens is 344 g/mol. The Morgan fingerprint density at radius 2 is 1.64 bits per heavy atom. The fourth-order valence-electron chi connectivity index (χ4n) is 3.44. The van der Waals surface area contributed by atoms with Crippen LogP contribution >= 0.6 is 0 Å². The molecule has 4 heteroatoms. The van der Waals surface area contributed by atoms with Gasteiger partial charge in [0.1, 0.15) is 5.82 Å². The molecule has 0 aliphatic heterocycles. The van der Waals surface area contributed by atoms with Crippen LogP contribution in [0.5, 0.6) is 0 Å². The average molecular weight is 371 g/mol. The molecule has 1 heterocycles. The SMILES string of the molecule is Cc1nc2cc(NCc3ccc(N(C)C)cc3)ccc2n1Cc1ccccc1. The second kappa shape index (κ2) is 7.77. The molecule has 0 aliphatic rings. The van der Waals surface area contributed by atoms with Gasteiger partial charge < -0.3 is 14.8 Å². The van der Waals surface area contributed by atoms with Gasteiger partial charge >= 0.3 is 0 Å². The standard InChI is InChI=1S/C24H26N4/c1-18-26-23-15-21(25-16-19-9-12-22(13-10-19)27(2)3)11-14-24(23)28(18)17-20-7-5-4-6-8-20/h4-15,25H,16-17H2,1-3H3. The highest BCUT2D eigenvalue weighted by Crippen LogP contribution is 2.22. The molecule has 0 saturated heterocycles. The van der Waals surface area contributed by atoms with Gasteiger partial charge in [-0.3, -0.25) is 0 Å². The second-order valence-corrected chi connectivity index (χ2v) is 7.35. The Morgan fingerprint density at radius 3 is 2.36 bits per heavy atom. The van der Waals surface area contributed by atoms with E-state index in [0.717, 1.165) is 30.1 Å². The number of aryl methyl sites for hydroxylation is 1. The predicted molar refractivity (Wildman–Crippen MR) is 118 cm³/mol. The van der Waals surface area contributed by atoms with Crippen LogP contribution in [0.3, 0.4) is 0 Å². The highest BCUT2D eigenvalue weighted by Gasteiger charge is 2.09. The van der Waals surface area contributed by atoms with Crippen LogP contribution in [-0.4, -0.2) is 23.6 Å². The highest BCUT2D eigenvalue weighted by molar-refractivity contribution is 5.80. The van der Waals surface area contributed by atoms with Crippen molar-refractivity contribution < 1.29 is 0 Å². The number of imidazole rings is 1. The van der Waals surface area contributed by atoms with Crippen LogP contribution in [0.15, 0.2) is 72.8 Å². The molecule has 0 saturated carbocycles. The Labute approximate surface area is 166 Å². The summed E-state index contributed by atoms with van der Waals surface area (Å²) in [6, 6.07) is 25.6. The van der Waals surface area contributed by atoms with Gasteiger partial charge in [0.15, 0.2) is 0 Å². The molecule has 0 atom stereocenters. The first-order valence-electron chi connectivity index (χ1n) is 9.61. The maximum atomic E-state index is 4.77. The van der Waals surface area contributed by atoms with E-state index in [1.165, 1.54) is 22.3 Å². The first kappa shape index (κ1) is 18.1. The van der Waals surface area contributed by atoms with Crippen molar-refractivity contribution in [2.45, 2.75) is 20.0 Å². The molecule has 142 valence electrons. The lowest BCUT2D eigenvalue weighted by Crippen LogP contribution is -2.08. The molecule has 0 aliphatic carbocycles. The molecule has 0 amide bonds. The van der Waals surface area contributed by atoms with Crippen LogP contribution < -0.4 is 10.2 Å². The number of hydrogen-bond donors (Lipinski definition) is 1. The number of nitrogens with zero attached hydrogens (tertiary/aromatic N) is 3. The van der Waals surface area contributed by atoms with Gasteiger partial charge in [-0.15, -0.1) is 0 Å². The van der Waals surface area contributed by atoms with E-state index in [2.05, 4.69) is 103 Å². The molecule has 3 aromatic carbocycles. The largest absolute Gasteiger partial charge is 0.381 e. The monoisotopic (exact) mass is 370 g/mol. The number of anilines is 2. The summed E-state index contributed by atoms with van der Waals surface area (Å²) in [6.07, 6.45) is 0. The van der Waals surface area contributed by atoms with Crippen LogP contribution in [-0.2, 0) is 13.1 Å². The fraction of sp³-hybridized carbons (Fsp3) is 0.208. The minimum absolute atomic E-state index is 0.795. The Hall–Kier alpha value is -3.27. The van der Waals surface area contributed by atoms with Gasteiger partial charge in [0.05, 0.1) is 11.0 Å². The number of rotatable bonds is 6. The van der Waals surface area contributed by atoms with E-state index in [0.29, 0.717) is 0 Å². The van der Waals surface area contributed by atoms with Crippen molar-refractivity contribution in [3.63, 3.8) is 0 Å². The Bertz CT molecular complexity index is 1060. The van der Waals surface area contributed by atoms with Crippen LogP contribution in [0.25, 0.3) is 11.0 Å². The number of nitrogens with one attached hydrogen (secondary N) is 1. The lowest BCUT2D eigenvalue weighted by Gasteiger charge is -2.13. The van der Waals surface area contributed by atoms with Crippen molar-refractivity contribution in [1.82, 2.24) is 9.55 Å². The first-order chi connectivity index (χ1) is 13.6. The van der Waals surface area contributed by atoms with Crippen molar-refractivity contribution in [2.75, 3.05) is 24.3 Å². The third kappa shape index (κ3) is 3.86. The third-order valence-electron chi connectivity index (χ3n) is 5.07. The summed E-state index contributed by atoms with van der Waals surface area (Å²) in [5.74, 6) is 1.04. The quantitative estimate of drug-likeness (QED) is 0.514. The minimum Gasteiger partial charge on any atom is -0.381 e. The molecular formula is C24H26N4. The first-order valence-corrected chi connectivity index (χ1v) is 9.61. The maximum absolute atomic E-state index is 4.77. The highest BCUT2D eigenvalue weighted by atomic mass is 15.1. The molecule has 4 nitrogen and oxygen atoms in total. The fourth-order valence-corrected chi connectivity index (χ4v) is 3.44. The molecule has 0 spiro atoms. The van der Waals surface area contributed by atoms with Gasteiger partial charge in [-0.1, -0.05) is 42.5 Å². The molecule has 0 fully saturated rings. The number of hydrogen-bond acceptors (Lipinski definition) is 3. The van der Waals surface area contributed by atoms with E-state index in [9.17, 15) is 0 Å². The summed E-state index contributed by atoms with van der Waals surface area (Å²) in [7, 11) is 4.11. The van der Waals surface area contributed by atoms with E-state index < -0.39 is 0 Å². The van der Waals surface area contributed by atoms with E-state index in [-0.39, 0.29) is 0 Å². The molecule has 4 aromatic rings. The number of fused-ring (bicyclic) bond motifs is 1. The zero-order valence-electron chi connectivity index (χ0n) is 16.7. The van der Waals surface area contributed by atoms with Gasteiger partial charge in [-0.2, -0.15) is 0 Å². The summed E-state index contributed by atoms with van der Waals surface area (Å²) >= 11 is 0. The minimum atomic E-state index is 0.795. The summed E-state index contributed by atoms with van der Waals surface area (Å²) in [5, 5.41) is 3.52. The second-order valence-electron chi connectivity index (χ2n) is 7.35. The maximum Gasteiger partial charge on any atom is 0.107 e. The number of benzene rings is 3. The summed E-state index contributed by atoms with van der Waals surface area (Å²) < 4.78 is 2.27.